The molecule has 0 fully saturated rings. The van der Waals surface area contributed by atoms with Crippen LogP contribution in [-0.4, -0.2) is 34.6 Å². The van der Waals surface area contributed by atoms with Crippen molar-refractivity contribution in [3.8, 4) is 0 Å². The highest BCUT2D eigenvalue weighted by Crippen LogP contribution is 2.22. The summed E-state index contributed by atoms with van der Waals surface area (Å²) < 4.78 is 0. The Kier molecular flexibility index (Phi) is 6.72. The second kappa shape index (κ2) is 8.06. The van der Waals surface area contributed by atoms with Crippen molar-refractivity contribution >= 4 is 29.1 Å². The Hall–Kier alpha value is -1.21. The highest BCUT2D eigenvalue weighted by molar-refractivity contribution is 7.98. The van der Waals surface area contributed by atoms with E-state index in [4.69, 9.17) is 5.11 Å². The second-order valence-corrected chi connectivity index (χ2v) is 5.91. The van der Waals surface area contributed by atoms with Crippen LogP contribution in [0.5, 0.6) is 0 Å². The van der Waals surface area contributed by atoms with Crippen molar-refractivity contribution in [2.24, 2.45) is 0 Å². The third kappa shape index (κ3) is 5.98. The number of aliphatic carboxylic acids is 1. The lowest BCUT2D eigenvalue weighted by molar-refractivity contribution is -0.135. The number of thiazole rings is 1. The lowest BCUT2D eigenvalue weighted by Gasteiger charge is -2.09. The van der Waals surface area contributed by atoms with Crippen LogP contribution < -0.4 is 10.6 Å². The van der Waals surface area contributed by atoms with Crippen molar-refractivity contribution in [1.82, 2.24) is 15.6 Å². The number of carbonyl (C=O) groups is 1. The smallest absolute Gasteiger partial charge is 0.322 e. The molecule has 0 bridgehead atoms. The molecule has 0 amide bonds. The average Bonchev–Trinajstić information content (AvgIpc) is 2.83. The van der Waals surface area contributed by atoms with Crippen LogP contribution in [0.25, 0.3) is 0 Å². The minimum absolute atomic E-state index is 0.140. The van der Waals surface area contributed by atoms with Crippen LogP contribution in [0.1, 0.15) is 23.5 Å². The predicted molar refractivity (Wildman–Crippen MR) is 80.5 cm³/mol. The minimum atomic E-state index is -0.912. The van der Waals surface area contributed by atoms with Gasteiger partial charge in [0.05, 0.1) is 23.1 Å². The molecule has 0 aromatic carbocycles. The maximum Gasteiger partial charge on any atom is 0.322 e. The van der Waals surface area contributed by atoms with E-state index in [1.54, 1.807) is 11.3 Å². The molecule has 1 atom stereocenters. The fraction of sp³-hybridized carbons (Fsp3) is 0.500. The molecule has 19 heavy (non-hydrogen) atoms. The summed E-state index contributed by atoms with van der Waals surface area (Å²) in [4.78, 5) is 14.9. The van der Waals surface area contributed by atoms with Crippen LogP contribution in [0, 0.1) is 0 Å². The van der Waals surface area contributed by atoms with E-state index >= 15 is 0 Å². The molecule has 5 nitrogen and oxygen atoms in total. The van der Waals surface area contributed by atoms with Crippen molar-refractivity contribution in [3.05, 3.63) is 28.5 Å². The maximum atomic E-state index is 10.4. The van der Waals surface area contributed by atoms with E-state index in [0.29, 0.717) is 18.3 Å². The summed E-state index contributed by atoms with van der Waals surface area (Å²) in [5.41, 5.74) is 0.950. The summed E-state index contributed by atoms with van der Waals surface area (Å²) in [5, 5.41) is 17.3. The van der Waals surface area contributed by atoms with Crippen LogP contribution in [0.4, 0.5) is 0 Å². The quantitative estimate of drug-likeness (QED) is 0.646. The van der Waals surface area contributed by atoms with Crippen LogP contribution >= 0.6 is 23.1 Å². The molecule has 0 aliphatic heterocycles. The first-order chi connectivity index (χ1) is 9.02. The van der Waals surface area contributed by atoms with Gasteiger partial charge in [0.25, 0.3) is 0 Å². The first-order valence-corrected chi connectivity index (χ1v) is 8.12. The van der Waals surface area contributed by atoms with E-state index in [0.717, 1.165) is 16.5 Å². The van der Waals surface area contributed by atoms with Crippen LogP contribution in [-0.2, 0) is 11.3 Å². The number of carboxylic acid groups (broad SMARTS) is 1. The molecule has 1 aromatic heterocycles. The first kappa shape index (κ1) is 15.8. The highest BCUT2D eigenvalue weighted by atomic mass is 32.2. The van der Waals surface area contributed by atoms with Gasteiger partial charge in [-0.05, 0) is 6.26 Å². The zero-order valence-electron chi connectivity index (χ0n) is 11.1. The van der Waals surface area contributed by atoms with Gasteiger partial charge in [-0.25, -0.2) is 4.98 Å². The summed E-state index contributed by atoms with van der Waals surface area (Å²) in [6.45, 7) is 6.28. The molecule has 0 radical (unpaired) electrons. The van der Waals surface area contributed by atoms with Gasteiger partial charge in [0, 0.05) is 17.1 Å². The van der Waals surface area contributed by atoms with Gasteiger partial charge >= 0.3 is 5.97 Å². The Morgan fingerprint density at radius 1 is 1.63 bits per heavy atom. The molecule has 0 spiro atoms. The Morgan fingerprint density at radius 2 is 2.37 bits per heavy atom. The van der Waals surface area contributed by atoms with E-state index < -0.39 is 5.97 Å². The van der Waals surface area contributed by atoms with E-state index in [1.165, 1.54) is 0 Å². The third-order valence-corrected chi connectivity index (χ3v) is 4.30. The standard InChI is InChI=1S/C12H19N3O2S2/c1-8(6-18-3)12-15-10(7-19-12)4-13-9(2)14-5-11(16)17/h7-8,13-14H,2,4-6H2,1,3H3,(H,16,17). The zero-order chi connectivity index (χ0) is 14.3. The Balaban J connectivity index is 2.37. The molecule has 1 unspecified atom stereocenters. The zero-order valence-corrected chi connectivity index (χ0v) is 12.7. The molecule has 7 heteroatoms. The largest absolute Gasteiger partial charge is 0.480 e. The Bertz CT molecular complexity index is 434. The monoisotopic (exact) mass is 301 g/mol. The molecule has 1 aromatic rings. The number of rotatable bonds is 9. The summed E-state index contributed by atoms with van der Waals surface area (Å²) >= 11 is 3.47. The van der Waals surface area contributed by atoms with Gasteiger partial charge in [0.2, 0.25) is 0 Å². The van der Waals surface area contributed by atoms with Crippen molar-refractivity contribution < 1.29 is 9.90 Å². The summed E-state index contributed by atoms with van der Waals surface area (Å²) in [5.74, 6) is 1.11. The normalized spacial score (nSPS) is 11.9. The number of carboxylic acids is 1. The number of nitrogens with zero attached hydrogens (tertiary/aromatic N) is 1. The molecule has 1 rings (SSSR count). The molecule has 3 N–H and O–H groups in total. The molecule has 1 heterocycles. The SMILES string of the molecule is C=C(NCC(=O)O)NCc1csc(C(C)CSC)n1. The number of thioether (sulfide) groups is 1. The fourth-order valence-corrected chi connectivity index (χ4v) is 3.04. The van der Waals surface area contributed by atoms with Crippen molar-refractivity contribution in [2.75, 3.05) is 18.6 Å². The van der Waals surface area contributed by atoms with Gasteiger partial charge in [0.15, 0.2) is 0 Å². The molecule has 0 saturated heterocycles. The van der Waals surface area contributed by atoms with Gasteiger partial charge in [-0.15, -0.1) is 11.3 Å². The number of hydrogen-bond acceptors (Lipinski definition) is 6. The topological polar surface area (TPSA) is 74.2 Å². The van der Waals surface area contributed by atoms with Crippen molar-refractivity contribution in [3.63, 3.8) is 0 Å². The molecule has 0 aliphatic carbocycles. The van der Waals surface area contributed by atoms with E-state index in [-0.39, 0.29) is 6.54 Å². The van der Waals surface area contributed by atoms with Gasteiger partial charge in [0.1, 0.15) is 6.54 Å². The van der Waals surface area contributed by atoms with Crippen molar-refractivity contribution in [1.29, 1.82) is 0 Å². The molecule has 0 saturated carbocycles. The lowest BCUT2D eigenvalue weighted by Crippen LogP contribution is -2.29. The molecular weight excluding hydrogens is 282 g/mol. The summed E-state index contributed by atoms with van der Waals surface area (Å²) in [6.07, 6.45) is 2.09. The van der Waals surface area contributed by atoms with Crippen LogP contribution in [0.15, 0.2) is 17.8 Å². The second-order valence-electron chi connectivity index (χ2n) is 4.11. The van der Waals surface area contributed by atoms with Crippen LogP contribution in [0.3, 0.4) is 0 Å². The minimum Gasteiger partial charge on any atom is -0.480 e. The third-order valence-electron chi connectivity index (χ3n) is 2.34. The molecule has 106 valence electrons. The van der Waals surface area contributed by atoms with Gasteiger partial charge in [-0.3, -0.25) is 4.79 Å². The van der Waals surface area contributed by atoms with E-state index in [1.807, 2.05) is 17.1 Å². The lowest BCUT2D eigenvalue weighted by atomic mass is 10.2. The van der Waals surface area contributed by atoms with Gasteiger partial charge in [-0.2, -0.15) is 11.8 Å². The molecule has 0 aliphatic rings. The van der Waals surface area contributed by atoms with Crippen LogP contribution in [0.2, 0.25) is 0 Å². The average molecular weight is 301 g/mol. The predicted octanol–water partition coefficient (Wildman–Crippen LogP) is 1.84. The fourth-order valence-electron chi connectivity index (χ4n) is 1.39. The maximum absolute atomic E-state index is 10.4. The van der Waals surface area contributed by atoms with Crippen molar-refractivity contribution in [2.45, 2.75) is 19.4 Å². The summed E-state index contributed by atoms with van der Waals surface area (Å²) in [6, 6.07) is 0. The van der Waals surface area contributed by atoms with E-state index in [9.17, 15) is 4.79 Å². The number of aromatic nitrogens is 1. The number of hydrogen-bond donors (Lipinski definition) is 3. The van der Waals surface area contributed by atoms with Gasteiger partial charge < -0.3 is 15.7 Å². The molecular formula is C12H19N3O2S2. The van der Waals surface area contributed by atoms with E-state index in [2.05, 4.69) is 35.4 Å². The number of nitrogens with one attached hydrogen (secondary N) is 2. The highest BCUT2D eigenvalue weighted by Gasteiger charge is 2.09. The van der Waals surface area contributed by atoms with Gasteiger partial charge in [-0.1, -0.05) is 13.5 Å². The Labute approximate surface area is 121 Å². The Morgan fingerprint density at radius 3 is 3.00 bits per heavy atom. The summed E-state index contributed by atoms with van der Waals surface area (Å²) in [7, 11) is 0. The first-order valence-electron chi connectivity index (χ1n) is 5.84.